The number of nitrogens with zero attached hydrogens (tertiary/aromatic N) is 1. The molecule has 0 spiro atoms. The van der Waals surface area contributed by atoms with Gasteiger partial charge >= 0.3 is 0 Å². The molecule has 2 rings (SSSR count). The molecule has 0 aliphatic heterocycles. The van der Waals surface area contributed by atoms with Gasteiger partial charge in [0.2, 0.25) is 0 Å². The first-order chi connectivity index (χ1) is 8.96. The highest BCUT2D eigenvalue weighted by Crippen LogP contribution is 2.22. The van der Waals surface area contributed by atoms with E-state index in [4.69, 9.17) is 0 Å². The van der Waals surface area contributed by atoms with Gasteiger partial charge in [-0.3, -0.25) is 9.78 Å². The molecule has 1 heterocycles. The van der Waals surface area contributed by atoms with Crippen molar-refractivity contribution in [3.63, 3.8) is 0 Å². The highest BCUT2D eigenvalue weighted by Gasteiger charge is 2.12. The zero-order chi connectivity index (χ0) is 13.9. The number of nitrogens with one attached hydrogen (secondary N) is 1. The third-order valence-electron chi connectivity index (χ3n) is 2.91. The van der Waals surface area contributed by atoms with Crippen molar-refractivity contribution in [1.29, 1.82) is 0 Å². The molecule has 0 atom stereocenters. The first-order valence-corrected chi connectivity index (χ1v) is 6.29. The Bertz CT molecular complexity index is 580. The highest BCUT2D eigenvalue weighted by molar-refractivity contribution is 5.95. The van der Waals surface area contributed by atoms with Gasteiger partial charge in [-0.1, -0.05) is 32.1 Å². The molecule has 1 amide bonds. The van der Waals surface area contributed by atoms with Crippen LogP contribution in [0, 0.1) is 12.3 Å². The van der Waals surface area contributed by atoms with Crippen molar-refractivity contribution in [3.05, 3.63) is 65.7 Å². The van der Waals surface area contributed by atoms with Gasteiger partial charge in [-0.05, 0) is 31.2 Å². The van der Waals surface area contributed by atoms with Crippen LogP contribution in [-0.2, 0) is 0 Å². The minimum absolute atomic E-state index is 0.0102. The van der Waals surface area contributed by atoms with E-state index in [1.165, 1.54) is 0 Å². The first-order valence-electron chi connectivity index (χ1n) is 6.29. The zero-order valence-corrected chi connectivity index (χ0v) is 11.5. The van der Waals surface area contributed by atoms with E-state index in [2.05, 4.69) is 36.3 Å². The van der Waals surface area contributed by atoms with E-state index in [-0.39, 0.29) is 11.3 Å². The maximum atomic E-state index is 12.1. The fourth-order valence-electron chi connectivity index (χ4n) is 1.79. The average molecular weight is 254 g/mol. The van der Waals surface area contributed by atoms with Gasteiger partial charge < -0.3 is 5.32 Å². The second kappa shape index (κ2) is 5.22. The number of amides is 1. The Morgan fingerprint density at radius 3 is 2.84 bits per heavy atom. The number of rotatable bonds is 2. The summed E-state index contributed by atoms with van der Waals surface area (Å²) in [4.78, 5) is 16.2. The summed E-state index contributed by atoms with van der Waals surface area (Å²) in [6.07, 6.45) is 11.6. The van der Waals surface area contributed by atoms with Crippen LogP contribution < -0.4 is 5.32 Å². The molecular weight excluding hydrogens is 236 g/mol. The predicted octanol–water partition coefficient (Wildman–Crippen LogP) is 3.16. The van der Waals surface area contributed by atoms with Crippen LogP contribution in [0.4, 0.5) is 0 Å². The number of aryl methyl sites for hydroxylation is 1. The van der Waals surface area contributed by atoms with Gasteiger partial charge in [-0.15, -0.1) is 0 Å². The van der Waals surface area contributed by atoms with Crippen LogP contribution in [0.25, 0.3) is 0 Å². The number of aromatic nitrogens is 1. The van der Waals surface area contributed by atoms with Crippen LogP contribution in [0.15, 0.2) is 54.4 Å². The molecule has 1 aromatic rings. The fourth-order valence-corrected chi connectivity index (χ4v) is 1.79. The van der Waals surface area contributed by atoms with Crippen molar-refractivity contribution in [1.82, 2.24) is 10.3 Å². The van der Waals surface area contributed by atoms with Crippen LogP contribution in [0.1, 0.15) is 29.9 Å². The number of allylic oxidation sites excluding steroid dienone is 5. The van der Waals surface area contributed by atoms with E-state index >= 15 is 0 Å². The lowest BCUT2D eigenvalue weighted by molar-refractivity contribution is 0.0967. The van der Waals surface area contributed by atoms with Gasteiger partial charge in [0.25, 0.3) is 5.91 Å². The van der Waals surface area contributed by atoms with E-state index < -0.39 is 0 Å². The Hall–Kier alpha value is -2.16. The molecule has 19 heavy (non-hydrogen) atoms. The van der Waals surface area contributed by atoms with Gasteiger partial charge in [0.1, 0.15) is 0 Å². The second-order valence-electron chi connectivity index (χ2n) is 5.28. The van der Waals surface area contributed by atoms with Crippen LogP contribution in [0.5, 0.6) is 0 Å². The Kier molecular flexibility index (Phi) is 3.65. The smallest absolute Gasteiger partial charge is 0.255 e. The molecule has 1 aliphatic carbocycles. The van der Waals surface area contributed by atoms with Crippen molar-refractivity contribution in [2.24, 2.45) is 5.41 Å². The van der Waals surface area contributed by atoms with Gasteiger partial charge in [0, 0.05) is 28.6 Å². The third-order valence-corrected chi connectivity index (χ3v) is 2.91. The summed E-state index contributed by atoms with van der Waals surface area (Å²) in [5.74, 6) is -0.116. The number of carbonyl (C=O) groups is 1. The SMILES string of the molecule is Cc1cc(C(=O)NC2=CC=CC(C)(C)C=C2)ccn1. The predicted molar refractivity (Wildman–Crippen MR) is 76.6 cm³/mol. The largest absolute Gasteiger partial charge is 0.322 e. The van der Waals surface area contributed by atoms with Crippen molar-refractivity contribution in [2.45, 2.75) is 20.8 Å². The van der Waals surface area contributed by atoms with Crippen molar-refractivity contribution >= 4 is 5.91 Å². The maximum absolute atomic E-state index is 12.1. The second-order valence-corrected chi connectivity index (χ2v) is 5.28. The molecule has 0 unspecified atom stereocenters. The van der Waals surface area contributed by atoms with E-state index in [1.807, 2.05) is 25.2 Å². The van der Waals surface area contributed by atoms with Crippen LogP contribution >= 0.6 is 0 Å². The van der Waals surface area contributed by atoms with Gasteiger partial charge in [-0.25, -0.2) is 0 Å². The van der Waals surface area contributed by atoms with E-state index in [1.54, 1.807) is 18.3 Å². The van der Waals surface area contributed by atoms with Crippen molar-refractivity contribution in [3.8, 4) is 0 Å². The fraction of sp³-hybridized carbons (Fsp3) is 0.250. The first kappa shape index (κ1) is 13.3. The average Bonchev–Trinajstić information content (AvgIpc) is 2.51. The number of hydrogen-bond acceptors (Lipinski definition) is 2. The molecule has 1 aliphatic rings. The molecule has 0 saturated carbocycles. The minimum Gasteiger partial charge on any atom is -0.322 e. The lowest BCUT2D eigenvalue weighted by atomic mass is 9.93. The summed E-state index contributed by atoms with van der Waals surface area (Å²) < 4.78 is 0. The Morgan fingerprint density at radius 1 is 1.32 bits per heavy atom. The molecule has 0 saturated heterocycles. The molecule has 98 valence electrons. The molecule has 0 fully saturated rings. The van der Waals surface area contributed by atoms with Gasteiger partial charge in [0.05, 0.1) is 0 Å². The van der Waals surface area contributed by atoms with Crippen LogP contribution in [-0.4, -0.2) is 10.9 Å². The summed E-state index contributed by atoms with van der Waals surface area (Å²) in [6, 6.07) is 3.49. The topological polar surface area (TPSA) is 42.0 Å². The van der Waals surface area contributed by atoms with E-state index in [9.17, 15) is 4.79 Å². The molecule has 0 bridgehead atoms. The van der Waals surface area contributed by atoms with Gasteiger partial charge in [0.15, 0.2) is 0 Å². The molecule has 1 N–H and O–H groups in total. The lowest BCUT2D eigenvalue weighted by Gasteiger charge is -2.12. The van der Waals surface area contributed by atoms with Crippen molar-refractivity contribution < 1.29 is 4.79 Å². The van der Waals surface area contributed by atoms with Crippen LogP contribution in [0.2, 0.25) is 0 Å². The summed E-state index contributed by atoms with van der Waals surface area (Å²) in [7, 11) is 0. The van der Waals surface area contributed by atoms with E-state index in [0.29, 0.717) is 5.56 Å². The molecule has 0 aromatic carbocycles. The summed E-state index contributed by atoms with van der Waals surface area (Å²) in [5.41, 5.74) is 2.26. The monoisotopic (exact) mass is 254 g/mol. The number of hydrogen-bond donors (Lipinski definition) is 1. The normalized spacial score (nSPS) is 16.7. The van der Waals surface area contributed by atoms with Crippen LogP contribution in [0.3, 0.4) is 0 Å². The summed E-state index contributed by atoms with van der Waals surface area (Å²) in [6.45, 7) is 6.10. The minimum atomic E-state index is -0.116. The van der Waals surface area contributed by atoms with Gasteiger partial charge in [-0.2, -0.15) is 0 Å². The lowest BCUT2D eigenvalue weighted by Crippen LogP contribution is -2.22. The standard InChI is InChI=1S/C16H18N2O/c1-12-11-13(7-10-17-12)15(19)18-14-5-4-8-16(2,3)9-6-14/h4-11H,1-3H3,(H,18,19). The maximum Gasteiger partial charge on any atom is 0.255 e. The highest BCUT2D eigenvalue weighted by atomic mass is 16.1. The Morgan fingerprint density at radius 2 is 2.11 bits per heavy atom. The molecule has 3 heteroatoms. The molecule has 0 radical (unpaired) electrons. The zero-order valence-electron chi connectivity index (χ0n) is 11.5. The third kappa shape index (κ3) is 3.65. The van der Waals surface area contributed by atoms with Crippen molar-refractivity contribution in [2.75, 3.05) is 0 Å². The molecule has 3 nitrogen and oxygen atoms in total. The number of carbonyl (C=O) groups excluding carboxylic acids is 1. The summed E-state index contributed by atoms with van der Waals surface area (Å²) >= 11 is 0. The molecule has 1 aromatic heterocycles. The Balaban J connectivity index is 2.12. The summed E-state index contributed by atoms with van der Waals surface area (Å²) in [5, 5.41) is 2.90. The van der Waals surface area contributed by atoms with E-state index in [0.717, 1.165) is 11.4 Å². The quantitative estimate of drug-likeness (QED) is 0.880. The number of pyridine rings is 1. The molecular formula is C16H18N2O. The Labute approximate surface area is 113 Å².